The molecule has 1 aromatic rings. The van der Waals surface area contributed by atoms with Crippen LogP contribution in [0, 0.1) is 0 Å². The summed E-state index contributed by atoms with van der Waals surface area (Å²) in [4.78, 5) is 27.2. The number of hydrogen-bond acceptors (Lipinski definition) is 2. The van der Waals surface area contributed by atoms with E-state index >= 15 is 0 Å². The SMILES string of the molecule is CCCCN1C(=O)C(CC)NC(=O)C1(C)c1ccccc1. The molecule has 1 aromatic carbocycles. The summed E-state index contributed by atoms with van der Waals surface area (Å²) in [5.41, 5.74) is -0.0550. The van der Waals surface area contributed by atoms with Crippen molar-refractivity contribution in [1.29, 1.82) is 0 Å². The van der Waals surface area contributed by atoms with Crippen molar-refractivity contribution in [1.82, 2.24) is 10.2 Å². The number of hydrogen-bond donors (Lipinski definition) is 1. The first-order chi connectivity index (χ1) is 10.1. The average molecular weight is 288 g/mol. The lowest BCUT2D eigenvalue weighted by Crippen LogP contribution is -2.67. The molecule has 0 radical (unpaired) electrons. The van der Waals surface area contributed by atoms with Crippen molar-refractivity contribution in [2.75, 3.05) is 6.54 Å². The first-order valence-corrected chi connectivity index (χ1v) is 7.73. The summed E-state index contributed by atoms with van der Waals surface area (Å²) in [6.45, 7) is 6.47. The zero-order chi connectivity index (χ0) is 15.5. The first kappa shape index (κ1) is 15.5. The fourth-order valence-corrected chi connectivity index (χ4v) is 2.87. The van der Waals surface area contributed by atoms with Crippen molar-refractivity contribution in [2.24, 2.45) is 0 Å². The number of rotatable bonds is 5. The molecule has 0 saturated carbocycles. The molecule has 0 bridgehead atoms. The molecule has 21 heavy (non-hydrogen) atoms. The number of carbonyl (C=O) groups is 2. The van der Waals surface area contributed by atoms with Crippen molar-refractivity contribution >= 4 is 11.8 Å². The molecule has 4 nitrogen and oxygen atoms in total. The zero-order valence-corrected chi connectivity index (χ0v) is 13.1. The van der Waals surface area contributed by atoms with E-state index < -0.39 is 11.6 Å². The molecule has 2 rings (SSSR count). The predicted molar refractivity (Wildman–Crippen MR) is 82.6 cm³/mol. The quantitative estimate of drug-likeness (QED) is 0.904. The highest BCUT2D eigenvalue weighted by Crippen LogP contribution is 2.33. The van der Waals surface area contributed by atoms with Crippen LogP contribution >= 0.6 is 0 Å². The fourth-order valence-electron chi connectivity index (χ4n) is 2.87. The number of unbranched alkanes of at least 4 members (excludes halogenated alkanes) is 1. The monoisotopic (exact) mass is 288 g/mol. The molecule has 2 atom stereocenters. The van der Waals surface area contributed by atoms with Crippen LogP contribution in [-0.4, -0.2) is 29.3 Å². The molecule has 1 fully saturated rings. The summed E-state index contributed by atoms with van der Waals surface area (Å²) in [5.74, 6) is -0.0619. The molecule has 1 N–H and O–H groups in total. The maximum absolute atomic E-state index is 12.7. The van der Waals surface area contributed by atoms with Crippen LogP contribution in [0.1, 0.15) is 45.6 Å². The minimum atomic E-state index is -0.917. The smallest absolute Gasteiger partial charge is 0.251 e. The molecule has 0 spiro atoms. The van der Waals surface area contributed by atoms with Crippen molar-refractivity contribution in [3.05, 3.63) is 35.9 Å². The van der Waals surface area contributed by atoms with E-state index in [-0.39, 0.29) is 11.8 Å². The molecule has 1 heterocycles. The number of piperazine rings is 1. The lowest BCUT2D eigenvalue weighted by Gasteiger charge is -2.46. The standard InChI is InChI=1S/C17H24N2O2/c1-4-6-12-19-15(20)14(5-2)18-16(21)17(19,3)13-10-8-7-9-11-13/h7-11,14H,4-6,12H2,1-3H3,(H,18,21). The highest BCUT2D eigenvalue weighted by molar-refractivity contribution is 6.00. The summed E-state index contributed by atoms with van der Waals surface area (Å²) < 4.78 is 0. The Morgan fingerprint density at radius 2 is 1.86 bits per heavy atom. The normalized spacial score (nSPS) is 25.9. The molecule has 1 aliphatic rings. The van der Waals surface area contributed by atoms with E-state index in [9.17, 15) is 9.59 Å². The van der Waals surface area contributed by atoms with Gasteiger partial charge in [-0.25, -0.2) is 0 Å². The van der Waals surface area contributed by atoms with Gasteiger partial charge in [0, 0.05) is 6.54 Å². The van der Waals surface area contributed by atoms with E-state index in [1.54, 1.807) is 4.90 Å². The van der Waals surface area contributed by atoms with Gasteiger partial charge in [-0.2, -0.15) is 0 Å². The number of nitrogens with one attached hydrogen (secondary N) is 1. The van der Waals surface area contributed by atoms with Crippen LogP contribution < -0.4 is 5.32 Å². The van der Waals surface area contributed by atoms with Gasteiger partial charge in [0.25, 0.3) is 5.91 Å². The van der Waals surface area contributed by atoms with Crippen molar-refractivity contribution in [2.45, 2.75) is 51.6 Å². The molecule has 0 aliphatic carbocycles. The van der Waals surface area contributed by atoms with Gasteiger partial charge in [0.05, 0.1) is 0 Å². The van der Waals surface area contributed by atoms with E-state index in [4.69, 9.17) is 0 Å². The van der Waals surface area contributed by atoms with Crippen LogP contribution in [0.15, 0.2) is 30.3 Å². The van der Waals surface area contributed by atoms with Gasteiger partial charge in [-0.1, -0.05) is 50.6 Å². The second-order valence-corrected chi connectivity index (χ2v) is 5.72. The van der Waals surface area contributed by atoms with Crippen molar-refractivity contribution in [3.63, 3.8) is 0 Å². The number of nitrogens with zero attached hydrogens (tertiary/aromatic N) is 1. The summed E-state index contributed by atoms with van der Waals surface area (Å²) in [7, 11) is 0. The Labute approximate surface area is 126 Å². The number of carbonyl (C=O) groups excluding carboxylic acids is 2. The third kappa shape index (κ3) is 2.67. The van der Waals surface area contributed by atoms with Crippen LogP contribution in [0.25, 0.3) is 0 Å². The maximum atomic E-state index is 12.7. The highest BCUT2D eigenvalue weighted by Gasteiger charge is 2.49. The van der Waals surface area contributed by atoms with E-state index in [1.807, 2.05) is 44.2 Å². The van der Waals surface area contributed by atoms with Crippen molar-refractivity contribution in [3.8, 4) is 0 Å². The molecule has 4 heteroatoms. The zero-order valence-electron chi connectivity index (χ0n) is 13.1. The lowest BCUT2D eigenvalue weighted by atomic mass is 9.85. The Kier molecular flexibility index (Phi) is 4.66. The van der Waals surface area contributed by atoms with E-state index in [0.29, 0.717) is 13.0 Å². The number of amides is 2. The Morgan fingerprint density at radius 3 is 2.43 bits per heavy atom. The third-order valence-corrected chi connectivity index (χ3v) is 4.33. The predicted octanol–water partition coefficient (Wildman–Crippen LogP) is 2.44. The summed E-state index contributed by atoms with van der Waals surface area (Å²) in [6, 6.07) is 9.16. The highest BCUT2D eigenvalue weighted by atomic mass is 16.2. The van der Waals surface area contributed by atoms with Crippen LogP contribution in [-0.2, 0) is 15.1 Å². The molecular formula is C17H24N2O2. The van der Waals surface area contributed by atoms with Crippen LogP contribution in [0.3, 0.4) is 0 Å². The molecule has 1 aliphatic heterocycles. The topological polar surface area (TPSA) is 49.4 Å². The molecule has 1 saturated heterocycles. The van der Waals surface area contributed by atoms with Gasteiger partial charge in [0.2, 0.25) is 5.91 Å². The Balaban J connectivity index is 2.44. The minimum Gasteiger partial charge on any atom is -0.342 e. The van der Waals surface area contributed by atoms with Gasteiger partial charge in [-0.05, 0) is 25.3 Å². The second-order valence-electron chi connectivity index (χ2n) is 5.72. The van der Waals surface area contributed by atoms with E-state index in [2.05, 4.69) is 12.2 Å². The largest absolute Gasteiger partial charge is 0.342 e. The maximum Gasteiger partial charge on any atom is 0.251 e. The summed E-state index contributed by atoms with van der Waals surface area (Å²) >= 11 is 0. The molecule has 2 unspecified atom stereocenters. The van der Waals surface area contributed by atoms with Gasteiger partial charge in [-0.3, -0.25) is 9.59 Å². The van der Waals surface area contributed by atoms with Gasteiger partial charge in [0.1, 0.15) is 11.6 Å². The van der Waals surface area contributed by atoms with Crippen molar-refractivity contribution < 1.29 is 9.59 Å². The summed E-state index contributed by atoms with van der Waals surface area (Å²) in [5, 5.41) is 2.88. The van der Waals surface area contributed by atoms with E-state index in [0.717, 1.165) is 18.4 Å². The number of benzene rings is 1. The molecule has 114 valence electrons. The van der Waals surface area contributed by atoms with Crippen LogP contribution in [0.4, 0.5) is 0 Å². The molecule has 0 aromatic heterocycles. The Hall–Kier alpha value is -1.84. The van der Waals surface area contributed by atoms with Gasteiger partial charge < -0.3 is 10.2 Å². The Morgan fingerprint density at radius 1 is 1.19 bits per heavy atom. The lowest BCUT2D eigenvalue weighted by molar-refractivity contribution is -0.157. The van der Waals surface area contributed by atoms with Gasteiger partial charge >= 0.3 is 0 Å². The van der Waals surface area contributed by atoms with Gasteiger partial charge in [-0.15, -0.1) is 0 Å². The molecular weight excluding hydrogens is 264 g/mol. The van der Waals surface area contributed by atoms with E-state index in [1.165, 1.54) is 0 Å². The third-order valence-electron chi connectivity index (χ3n) is 4.33. The van der Waals surface area contributed by atoms with Crippen LogP contribution in [0.5, 0.6) is 0 Å². The second kappa shape index (κ2) is 6.29. The Bertz CT molecular complexity index is 515. The van der Waals surface area contributed by atoms with Gasteiger partial charge in [0.15, 0.2) is 0 Å². The average Bonchev–Trinajstić information content (AvgIpc) is 2.51. The first-order valence-electron chi connectivity index (χ1n) is 7.73. The minimum absolute atomic E-state index is 0.0249. The summed E-state index contributed by atoms with van der Waals surface area (Å²) in [6.07, 6.45) is 2.52. The van der Waals surface area contributed by atoms with Crippen LogP contribution in [0.2, 0.25) is 0 Å². The molecule has 2 amide bonds. The fraction of sp³-hybridized carbons (Fsp3) is 0.529.